The van der Waals surface area contributed by atoms with E-state index in [2.05, 4.69) is 33.0 Å². The quantitative estimate of drug-likeness (QED) is 0.716. The first-order valence-corrected chi connectivity index (χ1v) is 6.78. The van der Waals surface area contributed by atoms with Gasteiger partial charge < -0.3 is 5.32 Å². The van der Waals surface area contributed by atoms with Crippen LogP contribution in [0.4, 0.5) is 0 Å². The molecule has 2 nitrogen and oxygen atoms in total. The molecule has 0 bridgehead atoms. The van der Waals surface area contributed by atoms with Crippen molar-refractivity contribution < 1.29 is 4.79 Å². The Bertz CT molecular complexity index is 250. The predicted octanol–water partition coefficient (Wildman–Crippen LogP) is 3.19. The number of halogens is 1. The molecule has 0 radical (unpaired) electrons. The van der Waals surface area contributed by atoms with Crippen LogP contribution in [-0.2, 0) is 4.79 Å². The Morgan fingerprint density at radius 2 is 1.94 bits per heavy atom. The molecule has 1 unspecified atom stereocenters. The van der Waals surface area contributed by atoms with E-state index < -0.39 is 0 Å². The van der Waals surface area contributed by atoms with Gasteiger partial charge in [0.15, 0.2) is 0 Å². The fraction of sp³-hybridized carbons (Fsp3) is 0.923. The molecule has 0 spiro atoms. The summed E-state index contributed by atoms with van der Waals surface area (Å²) in [5.74, 6) is 1.05. The highest BCUT2D eigenvalue weighted by Gasteiger charge is 2.50. The number of hydrogen-bond donors (Lipinski definition) is 1. The largest absolute Gasteiger partial charge is 0.355 e. The van der Waals surface area contributed by atoms with Crippen LogP contribution in [0.5, 0.6) is 0 Å². The van der Waals surface area contributed by atoms with E-state index in [1.165, 1.54) is 0 Å². The number of rotatable bonds is 6. The van der Waals surface area contributed by atoms with Gasteiger partial charge in [0.25, 0.3) is 0 Å². The molecule has 1 aliphatic carbocycles. The number of amides is 1. The zero-order valence-electron chi connectivity index (χ0n) is 10.9. The second-order valence-corrected chi connectivity index (χ2v) is 6.07. The summed E-state index contributed by atoms with van der Waals surface area (Å²) in [6, 6.07) is 0. The molecule has 3 heteroatoms. The zero-order chi connectivity index (χ0) is 12.4. The lowest BCUT2D eigenvalue weighted by atomic mass is 9.84. The first-order chi connectivity index (χ1) is 7.40. The van der Waals surface area contributed by atoms with Crippen LogP contribution in [0.25, 0.3) is 0 Å². The van der Waals surface area contributed by atoms with Gasteiger partial charge in [-0.25, -0.2) is 0 Å². The van der Waals surface area contributed by atoms with Gasteiger partial charge in [-0.2, -0.15) is 0 Å². The molecule has 0 aliphatic heterocycles. The van der Waals surface area contributed by atoms with Crippen molar-refractivity contribution in [3.05, 3.63) is 0 Å². The number of nitrogens with one attached hydrogen (secondary N) is 1. The van der Waals surface area contributed by atoms with Crippen molar-refractivity contribution in [3.8, 4) is 0 Å². The summed E-state index contributed by atoms with van der Waals surface area (Å²) >= 11 is 6.01. The monoisotopic (exact) mass is 245 g/mol. The predicted molar refractivity (Wildman–Crippen MR) is 68.6 cm³/mol. The molecule has 1 N–H and O–H groups in total. The van der Waals surface area contributed by atoms with Gasteiger partial charge >= 0.3 is 0 Å². The molecule has 1 saturated carbocycles. The van der Waals surface area contributed by atoms with Crippen LogP contribution in [0.1, 0.15) is 47.0 Å². The molecule has 16 heavy (non-hydrogen) atoms. The van der Waals surface area contributed by atoms with Crippen LogP contribution >= 0.6 is 11.6 Å². The van der Waals surface area contributed by atoms with Crippen molar-refractivity contribution >= 4 is 17.5 Å². The van der Waals surface area contributed by atoms with Crippen molar-refractivity contribution in [3.63, 3.8) is 0 Å². The lowest BCUT2D eigenvalue weighted by Gasteiger charge is -2.29. The highest BCUT2D eigenvalue weighted by atomic mass is 35.5. The average molecular weight is 246 g/mol. The van der Waals surface area contributed by atoms with Gasteiger partial charge in [0.1, 0.15) is 0 Å². The van der Waals surface area contributed by atoms with E-state index in [9.17, 15) is 4.79 Å². The van der Waals surface area contributed by atoms with E-state index in [-0.39, 0.29) is 22.7 Å². The molecular formula is C13H24ClNO. The molecule has 1 amide bonds. The van der Waals surface area contributed by atoms with E-state index >= 15 is 0 Å². The zero-order valence-corrected chi connectivity index (χ0v) is 11.7. The fourth-order valence-electron chi connectivity index (χ4n) is 2.05. The maximum atomic E-state index is 11.9. The van der Waals surface area contributed by atoms with Gasteiger partial charge in [-0.3, -0.25) is 4.79 Å². The minimum Gasteiger partial charge on any atom is -0.355 e. The first kappa shape index (κ1) is 13.8. The summed E-state index contributed by atoms with van der Waals surface area (Å²) in [5, 5.41) is 3.07. The molecular weight excluding hydrogens is 222 g/mol. The minimum absolute atomic E-state index is 0.0796. The summed E-state index contributed by atoms with van der Waals surface area (Å²) in [7, 11) is 0. The van der Waals surface area contributed by atoms with Crippen molar-refractivity contribution in [1.82, 2.24) is 5.32 Å². The second kappa shape index (κ2) is 4.95. The van der Waals surface area contributed by atoms with Crippen LogP contribution in [0, 0.1) is 16.7 Å². The van der Waals surface area contributed by atoms with Crippen molar-refractivity contribution in [2.45, 2.75) is 47.0 Å². The fourth-order valence-corrected chi connectivity index (χ4v) is 2.52. The highest BCUT2D eigenvalue weighted by molar-refractivity contribution is 6.18. The van der Waals surface area contributed by atoms with Gasteiger partial charge in [0.05, 0.1) is 0 Å². The van der Waals surface area contributed by atoms with Crippen molar-refractivity contribution in [2.24, 2.45) is 16.7 Å². The smallest absolute Gasteiger partial charge is 0.223 e. The molecule has 0 aromatic heterocycles. The van der Waals surface area contributed by atoms with Crippen molar-refractivity contribution in [1.29, 1.82) is 0 Å². The van der Waals surface area contributed by atoms with Crippen molar-refractivity contribution in [2.75, 3.05) is 12.4 Å². The van der Waals surface area contributed by atoms with Gasteiger partial charge in [-0.05, 0) is 24.7 Å². The maximum Gasteiger partial charge on any atom is 0.223 e. The number of carbonyl (C=O) groups is 1. The molecule has 1 rings (SSSR count). The Labute approximate surface area is 104 Å². The second-order valence-electron chi connectivity index (χ2n) is 5.80. The third-order valence-electron chi connectivity index (χ3n) is 4.25. The minimum atomic E-state index is 0.0796. The highest BCUT2D eigenvalue weighted by Crippen LogP contribution is 2.51. The maximum absolute atomic E-state index is 11.9. The van der Waals surface area contributed by atoms with Gasteiger partial charge in [0, 0.05) is 23.8 Å². The Kier molecular flexibility index (Phi) is 4.28. The van der Waals surface area contributed by atoms with Gasteiger partial charge in [0.2, 0.25) is 5.91 Å². The molecule has 1 aliphatic rings. The first-order valence-electron chi connectivity index (χ1n) is 6.24. The van der Waals surface area contributed by atoms with Crippen LogP contribution in [0.15, 0.2) is 0 Å². The summed E-state index contributed by atoms with van der Waals surface area (Å²) in [6.07, 6.45) is 3.05. The molecule has 1 fully saturated rings. The number of alkyl halides is 1. The third kappa shape index (κ3) is 2.91. The van der Waals surface area contributed by atoms with Crippen LogP contribution in [0.3, 0.4) is 0 Å². The molecule has 1 atom stereocenters. The summed E-state index contributed by atoms with van der Waals surface area (Å²) < 4.78 is 0. The van der Waals surface area contributed by atoms with Gasteiger partial charge in [-0.15, -0.1) is 11.6 Å². The molecule has 0 aromatic rings. The Morgan fingerprint density at radius 1 is 1.44 bits per heavy atom. The molecule has 0 aromatic carbocycles. The van der Waals surface area contributed by atoms with E-state index in [4.69, 9.17) is 11.6 Å². The van der Waals surface area contributed by atoms with E-state index in [1.807, 2.05) is 0 Å². The number of hydrogen-bond acceptors (Lipinski definition) is 1. The Balaban J connectivity index is 2.41. The number of carbonyl (C=O) groups excluding carboxylic acids is 1. The van der Waals surface area contributed by atoms with E-state index in [1.54, 1.807) is 0 Å². The summed E-state index contributed by atoms with van der Waals surface area (Å²) in [4.78, 5) is 11.9. The van der Waals surface area contributed by atoms with Crippen LogP contribution in [-0.4, -0.2) is 18.3 Å². The lowest BCUT2D eigenvalue weighted by molar-refractivity contribution is -0.123. The van der Waals surface area contributed by atoms with E-state index in [0.29, 0.717) is 5.88 Å². The summed E-state index contributed by atoms with van der Waals surface area (Å²) in [6.45, 7) is 9.28. The van der Waals surface area contributed by atoms with Crippen LogP contribution in [0.2, 0.25) is 0 Å². The van der Waals surface area contributed by atoms with Crippen LogP contribution < -0.4 is 5.32 Å². The SMILES string of the molecule is CCC(CC)(CCl)CNC(=O)C1CC1(C)C. The van der Waals surface area contributed by atoms with Gasteiger partial charge in [-0.1, -0.05) is 27.7 Å². The normalized spacial score (nSPS) is 22.9. The average Bonchev–Trinajstić information content (AvgIpc) is 2.90. The molecule has 0 saturated heterocycles. The standard InChI is InChI=1S/C13H24ClNO/c1-5-13(6-2,8-14)9-15-11(16)10-7-12(10,3)4/h10H,5-9H2,1-4H3,(H,15,16). The Morgan fingerprint density at radius 3 is 2.25 bits per heavy atom. The molecule has 94 valence electrons. The Hall–Kier alpha value is -0.240. The lowest BCUT2D eigenvalue weighted by Crippen LogP contribution is -2.39. The molecule has 0 heterocycles. The topological polar surface area (TPSA) is 29.1 Å². The third-order valence-corrected chi connectivity index (χ3v) is 4.82. The summed E-state index contributed by atoms with van der Waals surface area (Å²) in [5.41, 5.74) is 0.294. The van der Waals surface area contributed by atoms with E-state index in [0.717, 1.165) is 25.8 Å².